The number of carbonyl (C=O) groups is 3. The van der Waals surface area contributed by atoms with Crippen LogP contribution < -0.4 is 20.3 Å². The first-order chi connectivity index (χ1) is 18.5. The Morgan fingerprint density at radius 3 is 2.24 bits per heavy atom. The summed E-state index contributed by atoms with van der Waals surface area (Å²) in [6.07, 6.45) is 4.15. The minimum atomic E-state index is -0.369. The zero-order valence-corrected chi connectivity index (χ0v) is 21.6. The van der Waals surface area contributed by atoms with Gasteiger partial charge in [-0.15, -0.1) is 0 Å². The number of nitrogens with one attached hydrogen (secondary N) is 2. The topological polar surface area (TPSA) is 87.7 Å². The van der Waals surface area contributed by atoms with Crippen molar-refractivity contribution >= 4 is 34.8 Å². The molecule has 1 heterocycles. The van der Waals surface area contributed by atoms with Crippen molar-refractivity contribution in [2.45, 2.75) is 39.0 Å². The fraction of sp³-hybridized carbons (Fsp3) is 0.323. The van der Waals surface area contributed by atoms with Crippen LogP contribution in [0.2, 0.25) is 0 Å². The Labute approximate surface area is 223 Å². The summed E-state index contributed by atoms with van der Waals surface area (Å²) >= 11 is 0. The molecule has 3 aromatic rings. The van der Waals surface area contributed by atoms with Gasteiger partial charge in [-0.3, -0.25) is 14.4 Å². The number of hydrogen-bond acceptors (Lipinski definition) is 4. The van der Waals surface area contributed by atoms with E-state index in [0.717, 1.165) is 37.1 Å². The van der Waals surface area contributed by atoms with Crippen LogP contribution in [0, 0.1) is 11.8 Å². The van der Waals surface area contributed by atoms with Crippen molar-refractivity contribution in [1.82, 2.24) is 0 Å². The van der Waals surface area contributed by atoms with Gasteiger partial charge in [-0.1, -0.05) is 31.0 Å². The van der Waals surface area contributed by atoms with Gasteiger partial charge in [0.1, 0.15) is 5.75 Å². The zero-order valence-electron chi connectivity index (χ0n) is 21.6. The molecule has 2 aliphatic rings. The van der Waals surface area contributed by atoms with Crippen molar-refractivity contribution < 1.29 is 19.1 Å². The van der Waals surface area contributed by atoms with E-state index in [0.29, 0.717) is 36.5 Å². The fourth-order valence-electron chi connectivity index (χ4n) is 5.45. The van der Waals surface area contributed by atoms with Gasteiger partial charge in [0.15, 0.2) is 0 Å². The normalized spacial score (nSPS) is 18.4. The van der Waals surface area contributed by atoms with Crippen LogP contribution in [0.15, 0.2) is 72.8 Å². The molecule has 1 saturated carbocycles. The number of fused-ring (bicyclic) bond motifs is 1. The number of para-hydroxylation sites is 1. The summed E-state index contributed by atoms with van der Waals surface area (Å²) < 4.78 is 5.43. The molecule has 5 rings (SSSR count). The minimum Gasteiger partial charge on any atom is -0.494 e. The molecule has 1 aliphatic heterocycles. The van der Waals surface area contributed by atoms with Crippen molar-refractivity contribution in [1.29, 1.82) is 0 Å². The summed E-state index contributed by atoms with van der Waals surface area (Å²) in [5.74, 6) is -0.271. The van der Waals surface area contributed by atoms with E-state index >= 15 is 0 Å². The third-order valence-corrected chi connectivity index (χ3v) is 7.41. The summed E-state index contributed by atoms with van der Waals surface area (Å²) in [6.45, 7) is 3.17. The Balaban J connectivity index is 1.21. The third-order valence-electron chi connectivity index (χ3n) is 7.41. The van der Waals surface area contributed by atoms with Crippen molar-refractivity contribution in [2.75, 3.05) is 28.7 Å². The van der Waals surface area contributed by atoms with Crippen LogP contribution in [-0.2, 0) is 16.0 Å². The van der Waals surface area contributed by atoms with E-state index in [9.17, 15) is 14.4 Å². The molecule has 3 aromatic carbocycles. The highest BCUT2D eigenvalue weighted by molar-refractivity contribution is 6.05. The van der Waals surface area contributed by atoms with Crippen LogP contribution in [0.25, 0.3) is 0 Å². The average molecular weight is 512 g/mol. The summed E-state index contributed by atoms with van der Waals surface area (Å²) in [7, 11) is 0. The molecule has 1 fully saturated rings. The van der Waals surface area contributed by atoms with E-state index < -0.39 is 0 Å². The number of hydrogen-bond donors (Lipinski definition) is 2. The lowest BCUT2D eigenvalue weighted by Gasteiger charge is -2.32. The highest BCUT2D eigenvalue weighted by Crippen LogP contribution is 2.36. The smallest absolute Gasteiger partial charge is 0.255 e. The summed E-state index contributed by atoms with van der Waals surface area (Å²) in [4.78, 5) is 41.4. The molecule has 0 spiro atoms. The second-order valence-corrected chi connectivity index (χ2v) is 9.84. The molecule has 0 aromatic heterocycles. The van der Waals surface area contributed by atoms with E-state index in [1.807, 2.05) is 42.2 Å². The van der Waals surface area contributed by atoms with E-state index in [1.54, 1.807) is 36.4 Å². The SMILES string of the molecule is CCOc1ccc(NC(=O)c2ccc(NC(=O)[C@@H]3CCCC[C@H]3C(=O)N3CCc4ccccc43)cc2)cc1. The van der Waals surface area contributed by atoms with Crippen LogP contribution >= 0.6 is 0 Å². The lowest BCUT2D eigenvalue weighted by atomic mass is 9.77. The highest BCUT2D eigenvalue weighted by Gasteiger charge is 2.39. The van der Waals surface area contributed by atoms with Crippen LogP contribution in [0.3, 0.4) is 0 Å². The van der Waals surface area contributed by atoms with E-state index in [-0.39, 0.29) is 29.6 Å². The van der Waals surface area contributed by atoms with Crippen LogP contribution in [-0.4, -0.2) is 30.9 Å². The first-order valence-corrected chi connectivity index (χ1v) is 13.4. The number of anilines is 3. The molecule has 2 N–H and O–H groups in total. The predicted molar refractivity (Wildman–Crippen MR) is 149 cm³/mol. The van der Waals surface area contributed by atoms with E-state index in [4.69, 9.17) is 4.74 Å². The average Bonchev–Trinajstić information content (AvgIpc) is 3.38. The van der Waals surface area contributed by atoms with Crippen molar-refractivity contribution in [3.63, 3.8) is 0 Å². The lowest BCUT2D eigenvalue weighted by molar-refractivity contribution is -0.132. The monoisotopic (exact) mass is 511 g/mol. The molecular weight excluding hydrogens is 478 g/mol. The van der Waals surface area contributed by atoms with Crippen LogP contribution in [0.4, 0.5) is 17.1 Å². The van der Waals surface area contributed by atoms with Gasteiger partial charge in [-0.05, 0) is 86.3 Å². The molecule has 38 heavy (non-hydrogen) atoms. The number of amides is 3. The van der Waals surface area contributed by atoms with Crippen molar-refractivity contribution in [3.05, 3.63) is 83.9 Å². The maximum atomic E-state index is 13.5. The van der Waals surface area contributed by atoms with Gasteiger partial charge < -0.3 is 20.3 Å². The van der Waals surface area contributed by atoms with Crippen LogP contribution in [0.1, 0.15) is 48.5 Å². The molecule has 0 unspecified atom stereocenters. The predicted octanol–water partition coefficient (Wildman–Crippen LogP) is 5.67. The van der Waals surface area contributed by atoms with Gasteiger partial charge in [0.05, 0.1) is 12.5 Å². The Morgan fingerprint density at radius 2 is 1.50 bits per heavy atom. The van der Waals surface area contributed by atoms with Gasteiger partial charge in [0.25, 0.3) is 5.91 Å². The van der Waals surface area contributed by atoms with Gasteiger partial charge in [0.2, 0.25) is 11.8 Å². The number of ether oxygens (including phenoxy) is 1. The number of carbonyl (C=O) groups excluding carboxylic acids is 3. The molecule has 0 radical (unpaired) electrons. The molecule has 196 valence electrons. The Hall–Kier alpha value is -4.13. The first kappa shape index (κ1) is 25.5. The molecule has 3 amide bonds. The maximum Gasteiger partial charge on any atom is 0.255 e. The summed E-state index contributed by atoms with van der Waals surface area (Å²) in [5.41, 5.74) is 3.92. The molecule has 0 saturated heterocycles. The zero-order chi connectivity index (χ0) is 26.5. The summed E-state index contributed by atoms with van der Waals surface area (Å²) in [5, 5.41) is 5.85. The quantitative estimate of drug-likeness (QED) is 0.428. The van der Waals surface area contributed by atoms with Crippen molar-refractivity contribution in [2.24, 2.45) is 11.8 Å². The second-order valence-electron chi connectivity index (χ2n) is 9.84. The Morgan fingerprint density at radius 1 is 0.842 bits per heavy atom. The number of rotatable bonds is 7. The first-order valence-electron chi connectivity index (χ1n) is 13.4. The highest BCUT2D eigenvalue weighted by atomic mass is 16.5. The number of nitrogens with zero attached hydrogens (tertiary/aromatic N) is 1. The van der Waals surface area contributed by atoms with Gasteiger partial charge >= 0.3 is 0 Å². The Kier molecular flexibility index (Phi) is 7.73. The van der Waals surface area contributed by atoms with Crippen molar-refractivity contribution in [3.8, 4) is 5.75 Å². The number of benzene rings is 3. The van der Waals surface area contributed by atoms with E-state index in [1.165, 1.54) is 5.56 Å². The molecule has 0 bridgehead atoms. The van der Waals surface area contributed by atoms with Gasteiger partial charge in [-0.25, -0.2) is 0 Å². The maximum absolute atomic E-state index is 13.5. The standard InChI is InChI=1S/C31H33N3O4/c1-2-38-25-17-15-24(16-18-25)32-29(35)22-11-13-23(14-12-22)33-30(36)26-8-4-5-9-27(26)31(37)34-20-19-21-7-3-6-10-28(21)34/h3,6-7,10-18,26-27H,2,4-5,8-9,19-20H2,1H3,(H,32,35)(H,33,36)/t26-,27-/m1/s1. The molecule has 2 atom stereocenters. The third kappa shape index (κ3) is 5.57. The lowest BCUT2D eigenvalue weighted by Crippen LogP contribution is -2.43. The molecule has 7 nitrogen and oxygen atoms in total. The molecule has 7 heteroatoms. The fourth-order valence-corrected chi connectivity index (χ4v) is 5.45. The summed E-state index contributed by atoms with van der Waals surface area (Å²) in [6, 6.07) is 22.0. The van der Waals surface area contributed by atoms with Crippen LogP contribution in [0.5, 0.6) is 5.75 Å². The largest absolute Gasteiger partial charge is 0.494 e. The minimum absolute atomic E-state index is 0.0520. The second kappa shape index (κ2) is 11.5. The van der Waals surface area contributed by atoms with Gasteiger partial charge in [0, 0.05) is 35.1 Å². The van der Waals surface area contributed by atoms with E-state index in [2.05, 4.69) is 16.7 Å². The molecular formula is C31H33N3O4. The van der Waals surface area contributed by atoms with Gasteiger partial charge in [-0.2, -0.15) is 0 Å². The molecule has 1 aliphatic carbocycles. The Bertz CT molecular complexity index is 1300.